The average molecular weight is 345 g/mol. The third kappa shape index (κ3) is 3.61. The van der Waals surface area contributed by atoms with Crippen LogP contribution in [0.2, 0.25) is 0 Å². The first-order chi connectivity index (χ1) is 10.2. The molecule has 0 aliphatic carbocycles. The number of nitriles is 1. The largest absolute Gasteiger partial charge is 0.467 e. The number of carbonyl (C=O) groups is 1. The molecule has 0 amide bonds. The SMILES string of the molecule is COC(=O)C(Nc1ccc(C#N)cc1Br)c1ccccc1. The monoisotopic (exact) mass is 344 g/mol. The molecule has 1 atom stereocenters. The maximum atomic E-state index is 12.0. The first kappa shape index (κ1) is 15.1. The molecule has 1 N–H and O–H groups in total. The average Bonchev–Trinajstić information content (AvgIpc) is 2.53. The van der Waals surface area contributed by atoms with Gasteiger partial charge in [0.25, 0.3) is 0 Å². The molecule has 0 bridgehead atoms. The third-order valence-corrected chi connectivity index (χ3v) is 3.62. The molecule has 5 heteroatoms. The molecule has 0 aliphatic rings. The molecule has 2 rings (SSSR count). The van der Waals surface area contributed by atoms with Gasteiger partial charge in [-0.1, -0.05) is 30.3 Å². The van der Waals surface area contributed by atoms with Crippen molar-refractivity contribution in [3.05, 3.63) is 64.1 Å². The second kappa shape index (κ2) is 6.91. The minimum atomic E-state index is -0.611. The van der Waals surface area contributed by atoms with Crippen molar-refractivity contribution in [2.24, 2.45) is 0 Å². The Labute approximate surface area is 131 Å². The van der Waals surface area contributed by atoms with Gasteiger partial charge in [0.05, 0.1) is 18.7 Å². The van der Waals surface area contributed by atoms with Crippen molar-refractivity contribution in [3.63, 3.8) is 0 Å². The molecular formula is C16H13BrN2O2. The summed E-state index contributed by atoms with van der Waals surface area (Å²) in [5, 5.41) is 12.0. The first-order valence-electron chi connectivity index (χ1n) is 6.24. The molecule has 0 aromatic heterocycles. The van der Waals surface area contributed by atoms with Crippen LogP contribution in [0.5, 0.6) is 0 Å². The van der Waals surface area contributed by atoms with E-state index in [1.165, 1.54) is 7.11 Å². The van der Waals surface area contributed by atoms with E-state index in [2.05, 4.69) is 27.3 Å². The minimum Gasteiger partial charge on any atom is -0.467 e. The van der Waals surface area contributed by atoms with Gasteiger partial charge in [-0.2, -0.15) is 5.26 Å². The lowest BCUT2D eigenvalue weighted by Gasteiger charge is -2.19. The van der Waals surface area contributed by atoms with Crippen molar-refractivity contribution in [2.75, 3.05) is 12.4 Å². The van der Waals surface area contributed by atoms with Gasteiger partial charge in [-0.25, -0.2) is 4.79 Å². The van der Waals surface area contributed by atoms with E-state index in [1.807, 2.05) is 30.3 Å². The number of anilines is 1. The van der Waals surface area contributed by atoms with Gasteiger partial charge in [0.2, 0.25) is 0 Å². The van der Waals surface area contributed by atoms with E-state index in [9.17, 15) is 4.79 Å². The molecule has 21 heavy (non-hydrogen) atoms. The van der Waals surface area contributed by atoms with Gasteiger partial charge in [0.1, 0.15) is 0 Å². The molecule has 106 valence electrons. The second-order valence-corrected chi connectivity index (χ2v) is 5.17. The number of benzene rings is 2. The Bertz CT molecular complexity index is 680. The fourth-order valence-corrected chi connectivity index (χ4v) is 2.39. The van der Waals surface area contributed by atoms with Crippen molar-refractivity contribution in [2.45, 2.75) is 6.04 Å². The lowest BCUT2D eigenvalue weighted by molar-refractivity contribution is -0.141. The van der Waals surface area contributed by atoms with Crippen LogP contribution < -0.4 is 5.32 Å². The van der Waals surface area contributed by atoms with Gasteiger partial charge in [-0.05, 0) is 39.7 Å². The van der Waals surface area contributed by atoms with Crippen LogP contribution in [0.4, 0.5) is 5.69 Å². The molecule has 4 nitrogen and oxygen atoms in total. The highest BCUT2D eigenvalue weighted by Crippen LogP contribution is 2.28. The van der Waals surface area contributed by atoms with Crippen molar-refractivity contribution in [1.82, 2.24) is 0 Å². The van der Waals surface area contributed by atoms with Gasteiger partial charge in [-0.15, -0.1) is 0 Å². The molecular weight excluding hydrogens is 332 g/mol. The lowest BCUT2D eigenvalue weighted by atomic mass is 10.1. The van der Waals surface area contributed by atoms with Gasteiger partial charge >= 0.3 is 5.97 Å². The molecule has 1 unspecified atom stereocenters. The van der Waals surface area contributed by atoms with E-state index in [-0.39, 0.29) is 5.97 Å². The number of nitrogens with one attached hydrogen (secondary N) is 1. The number of nitrogens with zero attached hydrogens (tertiary/aromatic N) is 1. The van der Waals surface area contributed by atoms with E-state index in [1.54, 1.807) is 18.2 Å². The predicted molar refractivity (Wildman–Crippen MR) is 83.7 cm³/mol. The number of esters is 1. The summed E-state index contributed by atoms with van der Waals surface area (Å²) in [4.78, 5) is 12.0. The highest BCUT2D eigenvalue weighted by molar-refractivity contribution is 9.10. The Hall–Kier alpha value is -2.32. The standard InChI is InChI=1S/C16H13BrN2O2/c1-21-16(20)15(12-5-3-2-4-6-12)19-14-8-7-11(10-18)9-13(14)17/h2-9,15,19H,1H3. The van der Waals surface area contributed by atoms with Crippen molar-refractivity contribution < 1.29 is 9.53 Å². The van der Waals surface area contributed by atoms with Crippen molar-refractivity contribution >= 4 is 27.6 Å². The third-order valence-electron chi connectivity index (χ3n) is 2.97. The van der Waals surface area contributed by atoms with E-state index >= 15 is 0 Å². The van der Waals surface area contributed by atoms with Crippen LogP contribution in [0.1, 0.15) is 17.2 Å². The van der Waals surface area contributed by atoms with Crippen LogP contribution in [0.15, 0.2) is 53.0 Å². The van der Waals surface area contributed by atoms with Gasteiger partial charge in [0.15, 0.2) is 6.04 Å². The summed E-state index contributed by atoms with van der Waals surface area (Å²) in [6.45, 7) is 0. The molecule has 0 fully saturated rings. The normalized spacial score (nSPS) is 11.3. The van der Waals surface area contributed by atoms with E-state index in [0.717, 1.165) is 5.56 Å². The number of hydrogen-bond acceptors (Lipinski definition) is 4. The Balaban J connectivity index is 2.32. The summed E-state index contributed by atoms with van der Waals surface area (Å²) >= 11 is 3.39. The smallest absolute Gasteiger partial charge is 0.332 e. The Morgan fingerprint density at radius 3 is 2.57 bits per heavy atom. The van der Waals surface area contributed by atoms with Crippen LogP contribution >= 0.6 is 15.9 Å². The number of carbonyl (C=O) groups excluding carboxylic acids is 1. The van der Waals surface area contributed by atoms with Crippen LogP contribution in [0, 0.1) is 11.3 Å². The highest BCUT2D eigenvalue weighted by Gasteiger charge is 2.21. The number of ether oxygens (including phenoxy) is 1. The topological polar surface area (TPSA) is 62.1 Å². The van der Waals surface area contributed by atoms with Crippen LogP contribution in [0.3, 0.4) is 0 Å². The maximum absolute atomic E-state index is 12.0. The fraction of sp³-hybridized carbons (Fsp3) is 0.125. The summed E-state index contributed by atoms with van der Waals surface area (Å²) in [5.41, 5.74) is 2.07. The summed E-state index contributed by atoms with van der Waals surface area (Å²) < 4.78 is 5.57. The fourth-order valence-electron chi connectivity index (χ4n) is 1.90. The Morgan fingerprint density at radius 1 is 1.29 bits per heavy atom. The highest BCUT2D eigenvalue weighted by atomic mass is 79.9. The number of rotatable bonds is 4. The summed E-state index contributed by atoms with van der Waals surface area (Å²) in [6.07, 6.45) is 0. The van der Waals surface area contributed by atoms with E-state index in [4.69, 9.17) is 10.00 Å². The number of halogens is 1. The molecule has 0 aliphatic heterocycles. The number of hydrogen-bond donors (Lipinski definition) is 1. The molecule has 2 aromatic carbocycles. The van der Waals surface area contributed by atoms with Gasteiger partial charge in [0, 0.05) is 10.2 Å². The minimum absolute atomic E-state index is 0.377. The maximum Gasteiger partial charge on any atom is 0.332 e. The zero-order chi connectivity index (χ0) is 15.2. The predicted octanol–water partition coefficient (Wildman–Crippen LogP) is 3.65. The lowest BCUT2D eigenvalue weighted by Crippen LogP contribution is -2.22. The molecule has 2 aromatic rings. The molecule has 0 radical (unpaired) electrons. The Morgan fingerprint density at radius 2 is 2.00 bits per heavy atom. The van der Waals surface area contributed by atoms with E-state index in [0.29, 0.717) is 15.7 Å². The quantitative estimate of drug-likeness (QED) is 0.860. The van der Waals surface area contributed by atoms with Crippen LogP contribution in [-0.2, 0) is 9.53 Å². The zero-order valence-electron chi connectivity index (χ0n) is 11.3. The summed E-state index contributed by atoms with van der Waals surface area (Å²) in [5.74, 6) is -0.377. The first-order valence-corrected chi connectivity index (χ1v) is 7.04. The summed E-state index contributed by atoms with van der Waals surface area (Å²) in [6, 6.07) is 15.9. The molecule has 0 saturated heterocycles. The van der Waals surface area contributed by atoms with Gasteiger partial charge < -0.3 is 10.1 Å². The van der Waals surface area contributed by atoms with Crippen LogP contribution in [-0.4, -0.2) is 13.1 Å². The van der Waals surface area contributed by atoms with Crippen molar-refractivity contribution in [1.29, 1.82) is 5.26 Å². The van der Waals surface area contributed by atoms with Crippen LogP contribution in [0.25, 0.3) is 0 Å². The molecule has 0 heterocycles. The summed E-state index contributed by atoms with van der Waals surface area (Å²) in [7, 11) is 1.35. The molecule has 0 saturated carbocycles. The molecule has 0 spiro atoms. The van der Waals surface area contributed by atoms with Gasteiger partial charge in [-0.3, -0.25) is 0 Å². The zero-order valence-corrected chi connectivity index (χ0v) is 12.9. The van der Waals surface area contributed by atoms with E-state index < -0.39 is 6.04 Å². The Kier molecular flexibility index (Phi) is 4.96. The second-order valence-electron chi connectivity index (χ2n) is 4.32. The van der Waals surface area contributed by atoms with Crippen molar-refractivity contribution in [3.8, 4) is 6.07 Å². The number of methoxy groups -OCH3 is 1.